The number of amides is 3. The van der Waals surface area contributed by atoms with Gasteiger partial charge in [0, 0.05) is 56.9 Å². The molecule has 0 bridgehead atoms. The number of aryl methyl sites for hydroxylation is 1. The number of rotatable bonds is 5. The van der Waals surface area contributed by atoms with E-state index in [9.17, 15) is 22.8 Å². The lowest BCUT2D eigenvalue weighted by Crippen LogP contribution is -2.51. The van der Waals surface area contributed by atoms with Crippen molar-refractivity contribution in [1.29, 1.82) is 0 Å². The lowest BCUT2D eigenvalue weighted by Gasteiger charge is -2.34. The van der Waals surface area contributed by atoms with Gasteiger partial charge >= 0.3 is 0 Å². The van der Waals surface area contributed by atoms with E-state index < -0.39 is 15.9 Å². The minimum absolute atomic E-state index is 0.00861. The predicted molar refractivity (Wildman–Crippen MR) is 123 cm³/mol. The number of nitrogens with one attached hydrogen (secondary N) is 1. The van der Waals surface area contributed by atoms with Crippen molar-refractivity contribution >= 4 is 38.8 Å². The van der Waals surface area contributed by atoms with E-state index in [1.807, 2.05) is 6.92 Å². The predicted octanol–water partition coefficient (Wildman–Crippen LogP) is 1.39. The summed E-state index contributed by atoms with van der Waals surface area (Å²) in [6, 6.07) is 8.48. The van der Waals surface area contributed by atoms with E-state index in [0.717, 1.165) is 10.5 Å². The summed E-state index contributed by atoms with van der Waals surface area (Å²) in [4.78, 5) is 47.8. The number of hydrogen-bond donors (Lipinski definition) is 1. The first-order chi connectivity index (χ1) is 16.3. The third kappa shape index (κ3) is 3.66. The highest BCUT2D eigenvalue weighted by atomic mass is 32.2. The van der Waals surface area contributed by atoms with Gasteiger partial charge in [-0.1, -0.05) is 11.6 Å². The monoisotopic (exact) mass is 481 g/mol. The van der Waals surface area contributed by atoms with Gasteiger partial charge in [0.25, 0.3) is 11.8 Å². The van der Waals surface area contributed by atoms with Crippen LogP contribution in [0.4, 0.5) is 0 Å². The molecule has 3 amide bonds. The first kappa shape index (κ1) is 22.2. The first-order valence-electron chi connectivity index (χ1n) is 10.9. The third-order valence-electron chi connectivity index (χ3n) is 6.30. The number of carbonyl (C=O) groups excluding carboxylic acids is 3. The summed E-state index contributed by atoms with van der Waals surface area (Å²) in [7, 11) is -3.74. The lowest BCUT2D eigenvalue weighted by molar-refractivity contribution is -0.132. The highest BCUT2D eigenvalue weighted by molar-refractivity contribution is 7.89. The Morgan fingerprint density at radius 1 is 1.06 bits per heavy atom. The maximum atomic E-state index is 13.1. The Labute approximate surface area is 196 Å². The number of hydrogen-bond acceptors (Lipinski definition) is 6. The maximum Gasteiger partial charge on any atom is 0.261 e. The van der Waals surface area contributed by atoms with E-state index in [0.29, 0.717) is 22.2 Å². The molecule has 0 spiro atoms. The van der Waals surface area contributed by atoms with Crippen LogP contribution in [-0.4, -0.2) is 82.9 Å². The number of nitrogens with zero attached hydrogens (tertiary/aromatic N) is 4. The van der Waals surface area contributed by atoms with Gasteiger partial charge in [-0.15, -0.1) is 0 Å². The average molecular weight is 482 g/mol. The fourth-order valence-corrected chi connectivity index (χ4v) is 6.01. The molecule has 0 unspecified atom stereocenters. The number of fused-ring (bicyclic) bond motifs is 2. The Hall–Kier alpha value is -3.57. The van der Waals surface area contributed by atoms with Crippen LogP contribution in [0.2, 0.25) is 0 Å². The second-order valence-corrected chi connectivity index (χ2v) is 10.3. The van der Waals surface area contributed by atoms with Crippen LogP contribution < -0.4 is 0 Å². The molecule has 176 valence electrons. The van der Waals surface area contributed by atoms with Crippen LogP contribution in [0.5, 0.6) is 0 Å². The van der Waals surface area contributed by atoms with E-state index in [1.54, 1.807) is 41.4 Å². The number of pyridine rings is 1. The number of aromatic nitrogens is 2. The van der Waals surface area contributed by atoms with Crippen LogP contribution in [0, 0.1) is 6.92 Å². The molecular formula is C23H23N5O5S. The fourth-order valence-electron chi connectivity index (χ4n) is 4.43. The van der Waals surface area contributed by atoms with Crippen molar-refractivity contribution in [3.05, 3.63) is 59.4 Å². The largest absolute Gasteiger partial charge is 0.345 e. The average Bonchev–Trinajstić information content (AvgIpc) is 3.37. The van der Waals surface area contributed by atoms with Crippen molar-refractivity contribution in [1.82, 2.24) is 24.1 Å². The van der Waals surface area contributed by atoms with Gasteiger partial charge in [-0.3, -0.25) is 19.3 Å². The summed E-state index contributed by atoms with van der Waals surface area (Å²) in [6.07, 6.45) is 3.02. The van der Waals surface area contributed by atoms with Gasteiger partial charge < -0.3 is 9.88 Å². The van der Waals surface area contributed by atoms with Crippen LogP contribution in [0.25, 0.3) is 11.0 Å². The van der Waals surface area contributed by atoms with E-state index in [-0.39, 0.29) is 55.9 Å². The molecule has 0 saturated carbocycles. The van der Waals surface area contributed by atoms with Crippen molar-refractivity contribution in [3.63, 3.8) is 0 Å². The van der Waals surface area contributed by atoms with Gasteiger partial charge in [-0.25, -0.2) is 13.4 Å². The second kappa shape index (κ2) is 8.33. The molecule has 1 N–H and O–H groups in total. The molecule has 10 nitrogen and oxygen atoms in total. The fraction of sp³-hybridized carbons (Fsp3) is 0.304. The number of piperazine rings is 1. The number of benzene rings is 1. The molecule has 0 aliphatic carbocycles. The smallest absolute Gasteiger partial charge is 0.261 e. The SMILES string of the molecule is Cc1ccc2c(c1)C(=O)N(CCC(=O)N1CCN(S(=O)(=O)c3c[nH]c4ncccc34)CC1)C2=O. The minimum atomic E-state index is -3.74. The number of carbonyl (C=O) groups is 3. The molecule has 1 saturated heterocycles. The van der Waals surface area contributed by atoms with Crippen LogP contribution in [0.15, 0.2) is 47.6 Å². The zero-order valence-corrected chi connectivity index (χ0v) is 19.3. The standard InChI is InChI=1S/C23H23N5O5S/c1-15-4-5-16-18(13-15)23(31)28(22(16)30)8-6-20(29)26-9-11-27(12-10-26)34(32,33)19-14-25-21-17(19)3-2-7-24-21/h2-5,7,13-14H,6,8-12H2,1H3,(H,24,25). The van der Waals surface area contributed by atoms with Gasteiger partial charge in [-0.2, -0.15) is 4.31 Å². The summed E-state index contributed by atoms with van der Waals surface area (Å²) < 4.78 is 27.6. The zero-order valence-electron chi connectivity index (χ0n) is 18.5. The Kier molecular flexibility index (Phi) is 5.45. The number of aromatic amines is 1. The molecule has 1 fully saturated rings. The number of imide groups is 1. The van der Waals surface area contributed by atoms with E-state index in [4.69, 9.17) is 0 Å². The molecule has 1 aromatic carbocycles. The summed E-state index contributed by atoms with van der Waals surface area (Å²) in [5, 5.41) is 0.525. The molecule has 2 aliphatic heterocycles. The third-order valence-corrected chi connectivity index (χ3v) is 8.24. The molecule has 4 heterocycles. The molecule has 0 radical (unpaired) electrons. The van der Waals surface area contributed by atoms with Crippen molar-refractivity contribution in [2.24, 2.45) is 0 Å². The topological polar surface area (TPSA) is 124 Å². The van der Waals surface area contributed by atoms with Crippen molar-refractivity contribution in [2.75, 3.05) is 32.7 Å². The Bertz CT molecular complexity index is 1420. The van der Waals surface area contributed by atoms with E-state index in [2.05, 4.69) is 9.97 Å². The van der Waals surface area contributed by atoms with Crippen LogP contribution in [0.3, 0.4) is 0 Å². The number of H-pyrrole nitrogens is 1. The molecular weight excluding hydrogens is 458 g/mol. The normalized spacial score (nSPS) is 17.0. The highest BCUT2D eigenvalue weighted by Gasteiger charge is 2.36. The first-order valence-corrected chi connectivity index (χ1v) is 12.4. The summed E-state index contributed by atoms with van der Waals surface area (Å²) in [5.41, 5.74) is 2.10. The molecule has 2 aliphatic rings. The van der Waals surface area contributed by atoms with E-state index in [1.165, 1.54) is 10.5 Å². The molecule has 34 heavy (non-hydrogen) atoms. The van der Waals surface area contributed by atoms with Gasteiger partial charge in [0.1, 0.15) is 10.5 Å². The van der Waals surface area contributed by atoms with Crippen molar-refractivity contribution in [3.8, 4) is 0 Å². The quantitative estimate of drug-likeness (QED) is 0.550. The van der Waals surface area contributed by atoms with Crippen molar-refractivity contribution < 1.29 is 22.8 Å². The highest BCUT2D eigenvalue weighted by Crippen LogP contribution is 2.26. The molecule has 2 aromatic heterocycles. The van der Waals surface area contributed by atoms with Crippen LogP contribution >= 0.6 is 0 Å². The molecule has 3 aromatic rings. The molecule has 5 rings (SSSR count). The Morgan fingerprint density at radius 3 is 2.56 bits per heavy atom. The summed E-state index contributed by atoms with van der Waals surface area (Å²) >= 11 is 0. The Morgan fingerprint density at radius 2 is 1.79 bits per heavy atom. The van der Waals surface area contributed by atoms with Gasteiger partial charge in [0.2, 0.25) is 15.9 Å². The van der Waals surface area contributed by atoms with Crippen LogP contribution in [-0.2, 0) is 14.8 Å². The Balaban J connectivity index is 1.20. The molecule has 11 heteroatoms. The van der Waals surface area contributed by atoms with Gasteiger partial charge in [0.05, 0.1) is 11.1 Å². The van der Waals surface area contributed by atoms with Gasteiger partial charge in [0.15, 0.2) is 0 Å². The van der Waals surface area contributed by atoms with Crippen molar-refractivity contribution in [2.45, 2.75) is 18.2 Å². The lowest BCUT2D eigenvalue weighted by atomic mass is 10.1. The minimum Gasteiger partial charge on any atom is -0.345 e. The van der Waals surface area contributed by atoms with Crippen LogP contribution in [0.1, 0.15) is 32.7 Å². The zero-order chi connectivity index (χ0) is 24.0. The van der Waals surface area contributed by atoms with Gasteiger partial charge in [-0.05, 0) is 31.2 Å². The number of sulfonamides is 1. The second-order valence-electron chi connectivity index (χ2n) is 8.40. The molecule has 0 atom stereocenters. The summed E-state index contributed by atoms with van der Waals surface area (Å²) in [5.74, 6) is -1.00. The maximum absolute atomic E-state index is 13.1. The summed E-state index contributed by atoms with van der Waals surface area (Å²) in [6.45, 7) is 2.63. The van der Waals surface area contributed by atoms with E-state index >= 15 is 0 Å².